The van der Waals surface area contributed by atoms with Crippen LogP contribution in [0.5, 0.6) is 0 Å². The number of benzene rings is 1. The van der Waals surface area contributed by atoms with Crippen molar-refractivity contribution in [3.05, 3.63) is 35.4 Å². The molecule has 2 rings (SSSR count). The molecule has 1 aromatic carbocycles. The fraction of sp³-hybridized carbons (Fsp3) is 0.462. The van der Waals surface area contributed by atoms with Crippen LogP contribution in [0.2, 0.25) is 0 Å². The maximum Gasteiger partial charge on any atom is 0.145 e. The molecule has 1 N–H and O–H groups in total. The van der Waals surface area contributed by atoms with Crippen LogP contribution in [0.25, 0.3) is 0 Å². The molecular weight excluding hydrogens is 200 g/mol. The first kappa shape index (κ1) is 11.1. The Kier molecular flexibility index (Phi) is 3.57. The molecule has 1 atom stereocenters. The quantitative estimate of drug-likeness (QED) is 0.839. The minimum atomic E-state index is 0.191. The minimum Gasteiger partial charge on any atom is -0.390 e. The highest BCUT2D eigenvalue weighted by atomic mass is 16.6. The van der Waals surface area contributed by atoms with E-state index < -0.39 is 0 Å². The summed E-state index contributed by atoms with van der Waals surface area (Å²) in [7, 11) is 0. The van der Waals surface area contributed by atoms with Gasteiger partial charge in [0.2, 0.25) is 0 Å². The largest absolute Gasteiger partial charge is 0.390 e. The summed E-state index contributed by atoms with van der Waals surface area (Å²) in [5.74, 6) is 0. The number of nitrogens with one attached hydrogen (secondary N) is 1. The SMILES string of the molecule is CCNCC1CC(c2ccc(C)cc2)=NO1. The summed E-state index contributed by atoms with van der Waals surface area (Å²) in [6.07, 6.45) is 1.09. The second kappa shape index (κ2) is 5.12. The van der Waals surface area contributed by atoms with Crippen molar-refractivity contribution in [1.82, 2.24) is 5.32 Å². The van der Waals surface area contributed by atoms with E-state index in [1.54, 1.807) is 0 Å². The van der Waals surface area contributed by atoms with Gasteiger partial charge in [0.1, 0.15) is 6.10 Å². The molecule has 0 saturated heterocycles. The first-order chi connectivity index (χ1) is 7.79. The standard InChI is InChI=1S/C13H18N2O/c1-3-14-9-12-8-13(15-16-12)11-6-4-10(2)5-7-11/h4-7,12,14H,3,8-9H2,1-2H3. The molecule has 1 unspecified atom stereocenters. The van der Waals surface area contributed by atoms with Gasteiger partial charge in [0, 0.05) is 13.0 Å². The highest BCUT2D eigenvalue weighted by Crippen LogP contribution is 2.16. The Labute approximate surface area is 96.5 Å². The molecule has 1 heterocycles. The summed E-state index contributed by atoms with van der Waals surface area (Å²) in [6.45, 7) is 6.02. The van der Waals surface area contributed by atoms with Gasteiger partial charge < -0.3 is 10.2 Å². The monoisotopic (exact) mass is 218 g/mol. The molecule has 3 heteroatoms. The summed E-state index contributed by atoms with van der Waals surface area (Å²) in [5, 5.41) is 7.42. The van der Waals surface area contributed by atoms with Crippen LogP contribution in [0.1, 0.15) is 24.5 Å². The van der Waals surface area contributed by atoms with Crippen molar-refractivity contribution in [2.24, 2.45) is 5.16 Å². The van der Waals surface area contributed by atoms with Crippen LogP contribution in [0.3, 0.4) is 0 Å². The molecular formula is C13H18N2O. The highest BCUT2D eigenvalue weighted by Gasteiger charge is 2.21. The van der Waals surface area contributed by atoms with Gasteiger partial charge in [-0.3, -0.25) is 0 Å². The fourth-order valence-electron chi connectivity index (χ4n) is 1.76. The first-order valence-corrected chi connectivity index (χ1v) is 5.80. The Morgan fingerprint density at radius 3 is 2.81 bits per heavy atom. The van der Waals surface area contributed by atoms with Crippen molar-refractivity contribution in [2.75, 3.05) is 13.1 Å². The summed E-state index contributed by atoms with van der Waals surface area (Å²) < 4.78 is 0. The van der Waals surface area contributed by atoms with Gasteiger partial charge in [-0.1, -0.05) is 41.9 Å². The molecule has 0 radical (unpaired) electrons. The maximum absolute atomic E-state index is 5.38. The summed E-state index contributed by atoms with van der Waals surface area (Å²) in [6, 6.07) is 8.42. The van der Waals surface area contributed by atoms with Gasteiger partial charge in [-0.15, -0.1) is 0 Å². The van der Waals surface area contributed by atoms with Crippen molar-refractivity contribution >= 4 is 5.71 Å². The zero-order valence-electron chi connectivity index (χ0n) is 9.86. The number of oxime groups is 1. The third kappa shape index (κ3) is 2.61. The smallest absolute Gasteiger partial charge is 0.145 e. The molecule has 0 saturated carbocycles. The van der Waals surface area contributed by atoms with Crippen molar-refractivity contribution in [3.63, 3.8) is 0 Å². The van der Waals surface area contributed by atoms with Crippen LogP contribution < -0.4 is 5.32 Å². The molecule has 0 aromatic heterocycles. The van der Waals surface area contributed by atoms with Crippen molar-refractivity contribution in [2.45, 2.75) is 26.4 Å². The van der Waals surface area contributed by atoms with Crippen LogP contribution in [-0.4, -0.2) is 24.9 Å². The van der Waals surface area contributed by atoms with E-state index in [9.17, 15) is 0 Å². The molecule has 0 bridgehead atoms. The van der Waals surface area contributed by atoms with Crippen LogP contribution in [0.4, 0.5) is 0 Å². The number of nitrogens with zero attached hydrogens (tertiary/aromatic N) is 1. The van der Waals surface area contributed by atoms with E-state index in [2.05, 4.69) is 48.6 Å². The lowest BCUT2D eigenvalue weighted by atomic mass is 10.0. The Balaban J connectivity index is 1.95. The Morgan fingerprint density at radius 2 is 2.12 bits per heavy atom. The Morgan fingerprint density at radius 1 is 1.38 bits per heavy atom. The molecule has 0 aliphatic carbocycles. The average Bonchev–Trinajstić information content (AvgIpc) is 2.76. The van der Waals surface area contributed by atoms with Gasteiger partial charge >= 0.3 is 0 Å². The molecule has 3 nitrogen and oxygen atoms in total. The van der Waals surface area contributed by atoms with Gasteiger partial charge in [-0.25, -0.2) is 0 Å². The molecule has 1 aliphatic rings. The van der Waals surface area contributed by atoms with Crippen LogP contribution in [0.15, 0.2) is 29.4 Å². The lowest BCUT2D eigenvalue weighted by Crippen LogP contribution is -2.26. The molecule has 1 aromatic rings. The van der Waals surface area contributed by atoms with Crippen molar-refractivity contribution in [3.8, 4) is 0 Å². The van der Waals surface area contributed by atoms with Gasteiger partial charge in [0.05, 0.1) is 5.71 Å². The number of hydrogen-bond donors (Lipinski definition) is 1. The molecule has 0 spiro atoms. The third-order valence-electron chi connectivity index (χ3n) is 2.74. The second-order valence-electron chi connectivity index (χ2n) is 4.14. The number of rotatable bonds is 4. The van der Waals surface area contributed by atoms with E-state index in [1.807, 2.05) is 0 Å². The summed E-state index contributed by atoms with van der Waals surface area (Å²) >= 11 is 0. The van der Waals surface area contributed by atoms with Gasteiger partial charge in [-0.2, -0.15) is 0 Å². The van der Waals surface area contributed by atoms with E-state index in [4.69, 9.17) is 4.84 Å². The lowest BCUT2D eigenvalue weighted by molar-refractivity contribution is 0.0855. The van der Waals surface area contributed by atoms with Gasteiger partial charge in [0.15, 0.2) is 0 Å². The molecule has 16 heavy (non-hydrogen) atoms. The summed E-state index contributed by atoms with van der Waals surface area (Å²) in [4.78, 5) is 5.38. The van der Waals surface area contributed by atoms with Crippen molar-refractivity contribution < 1.29 is 4.84 Å². The van der Waals surface area contributed by atoms with Crippen LogP contribution in [0, 0.1) is 6.92 Å². The highest BCUT2D eigenvalue weighted by molar-refractivity contribution is 6.01. The zero-order chi connectivity index (χ0) is 11.4. The number of hydrogen-bond acceptors (Lipinski definition) is 3. The molecule has 0 fully saturated rings. The predicted octanol–water partition coefficient (Wildman–Crippen LogP) is 2.10. The van der Waals surface area contributed by atoms with Gasteiger partial charge in [0.25, 0.3) is 0 Å². The van der Waals surface area contributed by atoms with E-state index in [0.29, 0.717) is 0 Å². The van der Waals surface area contributed by atoms with E-state index >= 15 is 0 Å². The van der Waals surface area contributed by atoms with Crippen LogP contribution >= 0.6 is 0 Å². The Bertz CT molecular complexity index is 370. The van der Waals surface area contributed by atoms with Gasteiger partial charge in [-0.05, 0) is 19.0 Å². The van der Waals surface area contributed by atoms with E-state index in [1.165, 1.54) is 11.1 Å². The topological polar surface area (TPSA) is 33.6 Å². The second-order valence-corrected chi connectivity index (χ2v) is 4.14. The minimum absolute atomic E-state index is 0.191. The number of aryl methyl sites for hydroxylation is 1. The number of likely N-dealkylation sites (N-methyl/N-ethyl adjacent to an activating group) is 1. The molecule has 1 aliphatic heterocycles. The predicted molar refractivity (Wildman–Crippen MR) is 65.7 cm³/mol. The fourth-order valence-corrected chi connectivity index (χ4v) is 1.76. The normalized spacial score (nSPS) is 19.4. The zero-order valence-corrected chi connectivity index (χ0v) is 9.86. The Hall–Kier alpha value is -1.35. The summed E-state index contributed by atoms with van der Waals surface area (Å²) in [5.41, 5.74) is 3.50. The third-order valence-corrected chi connectivity index (χ3v) is 2.74. The van der Waals surface area contributed by atoms with E-state index in [-0.39, 0.29) is 6.10 Å². The molecule has 0 amide bonds. The lowest BCUT2D eigenvalue weighted by Gasteiger charge is -2.07. The van der Waals surface area contributed by atoms with Crippen LogP contribution in [-0.2, 0) is 4.84 Å². The maximum atomic E-state index is 5.38. The van der Waals surface area contributed by atoms with Crippen molar-refractivity contribution in [1.29, 1.82) is 0 Å². The van der Waals surface area contributed by atoms with E-state index in [0.717, 1.165) is 25.2 Å². The first-order valence-electron chi connectivity index (χ1n) is 5.80. The molecule has 86 valence electrons. The average molecular weight is 218 g/mol.